The number of furan rings is 1. The number of hydrogen-bond acceptors (Lipinski definition) is 3. The topological polar surface area (TPSA) is 62.5 Å². The van der Waals surface area contributed by atoms with E-state index in [1.54, 1.807) is 12.1 Å². The molecule has 0 amide bonds. The van der Waals surface area contributed by atoms with Gasteiger partial charge in [0, 0.05) is 11.4 Å². The summed E-state index contributed by atoms with van der Waals surface area (Å²) in [5.74, 6) is 0.216. The largest absolute Gasteiger partial charge is 0.478 e. The highest BCUT2D eigenvalue weighted by Gasteiger charge is 2.20. The fraction of sp³-hybridized carbons (Fsp3) is 0.471. The number of nitrogens with one attached hydrogen (secondary N) is 1. The Morgan fingerprint density at radius 1 is 1.33 bits per heavy atom. The average molecular weight is 289 g/mol. The van der Waals surface area contributed by atoms with Gasteiger partial charge in [0.2, 0.25) is 0 Å². The maximum Gasteiger partial charge on any atom is 0.339 e. The van der Waals surface area contributed by atoms with E-state index in [2.05, 4.69) is 26.1 Å². The van der Waals surface area contributed by atoms with Crippen LogP contribution in [0.5, 0.6) is 0 Å². The Morgan fingerprint density at radius 2 is 2.05 bits per heavy atom. The molecule has 1 aromatic heterocycles. The predicted molar refractivity (Wildman–Crippen MR) is 83.5 cm³/mol. The number of fused-ring (bicyclic) bond motifs is 1. The monoisotopic (exact) mass is 289 g/mol. The van der Waals surface area contributed by atoms with Gasteiger partial charge in [-0.05, 0) is 25.3 Å². The minimum absolute atomic E-state index is 0.272. The van der Waals surface area contributed by atoms with Crippen LogP contribution >= 0.6 is 0 Å². The Hall–Kier alpha value is -1.81. The van der Waals surface area contributed by atoms with Crippen LogP contribution in [0.15, 0.2) is 28.7 Å². The molecule has 114 valence electrons. The maximum absolute atomic E-state index is 11.5. The molecule has 0 spiro atoms. The molecule has 0 bridgehead atoms. The SMILES string of the molecule is CCC(C)CC(C)NCc1oc2ccccc2c1C(=O)O. The third-order valence-electron chi connectivity index (χ3n) is 3.95. The Balaban J connectivity index is 2.15. The Labute approximate surface area is 125 Å². The number of benzene rings is 1. The summed E-state index contributed by atoms with van der Waals surface area (Å²) in [6.07, 6.45) is 2.22. The number of para-hydroxylation sites is 1. The van der Waals surface area contributed by atoms with Crippen LogP contribution in [0.4, 0.5) is 0 Å². The Kier molecular flexibility index (Phi) is 5.02. The Morgan fingerprint density at radius 3 is 2.71 bits per heavy atom. The van der Waals surface area contributed by atoms with Crippen molar-refractivity contribution < 1.29 is 14.3 Å². The molecular formula is C17H23NO3. The second kappa shape index (κ2) is 6.76. The highest BCUT2D eigenvalue weighted by molar-refractivity contribution is 6.03. The average Bonchev–Trinajstić information content (AvgIpc) is 2.83. The lowest BCUT2D eigenvalue weighted by molar-refractivity contribution is 0.0696. The lowest BCUT2D eigenvalue weighted by atomic mass is 10.0. The van der Waals surface area contributed by atoms with Gasteiger partial charge in [0.25, 0.3) is 0 Å². The number of carboxylic acids is 1. The van der Waals surface area contributed by atoms with E-state index in [1.807, 2.05) is 12.1 Å². The smallest absolute Gasteiger partial charge is 0.339 e. The van der Waals surface area contributed by atoms with E-state index in [-0.39, 0.29) is 5.56 Å². The first-order valence-corrected chi connectivity index (χ1v) is 7.50. The lowest BCUT2D eigenvalue weighted by Gasteiger charge is -2.16. The van der Waals surface area contributed by atoms with Gasteiger partial charge in [0.15, 0.2) is 0 Å². The fourth-order valence-corrected chi connectivity index (χ4v) is 2.58. The van der Waals surface area contributed by atoms with Crippen LogP contribution in [0.2, 0.25) is 0 Å². The van der Waals surface area contributed by atoms with Crippen molar-refractivity contribution in [1.82, 2.24) is 5.32 Å². The lowest BCUT2D eigenvalue weighted by Crippen LogP contribution is -2.27. The highest BCUT2D eigenvalue weighted by Crippen LogP contribution is 2.26. The summed E-state index contributed by atoms with van der Waals surface area (Å²) in [5, 5.41) is 13.4. The number of aromatic carboxylic acids is 1. The van der Waals surface area contributed by atoms with Crippen LogP contribution in [-0.4, -0.2) is 17.1 Å². The number of hydrogen-bond donors (Lipinski definition) is 2. The minimum Gasteiger partial charge on any atom is -0.478 e. The second-order valence-electron chi connectivity index (χ2n) is 5.73. The summed E-state index contributed by atoms with van der Waals surface area (Å²) in [6.45, 7) is 6.96. The summed E-state index contributed by atoms with van der Waals surface area (Å²) in [5.41, 5.74) is 0.898. The minimum atomic E-state index is -0.939. The zero-order chi connectivity index (χ0) is 15.4. The van der Waals surface area contributed by atoms with E-state index in [9.17, 15) is 9.90 Å². The predicted octanol–water partition coefficient (Wildman–Crippen LogP) is 4.05. The highest BCUT2D eigenvalue weighted by atomic mass is 16.4. The summed E-state index contributed by atoms with van der Waals surface area (Å²) >= 11 is 0. The molecule has 0 fully saturated rings. The van der Waals surface area contributed by atoms with Crippen LogP contribution in [0.25, 0.3) is 11.0 Å². The maximum atomic E-state index is 11.5. The summed E-state index contributed by atoms with van der Waals surface area (Å²) in [6, 6.07) is 7.59. The van der Waals surface area contributed by atoms with Gasteiger partial charge in [0.05, 0.1) is 6.54 Å². The molecule has 0 saturated carbocycles. The molecule has 0 aliphatic heterocycles. The third-order valence-corrected chi connectivity index (χ3v) is 3.95. The van der Waals surface area contributed by atoms with E-state index in [1.165, 1.54) is 0 Å². The third kappa shape index (κ3) is 3.64. The molecule has 1 heterocycles. The van der Waals surface area contributed by atoms with Gasteiger partial charge < -0.3 is 14.8 Å². The molecular weight excluding hydrogens is 266 g/mol. The fourth-order valence-electron chi connectivity index (χ4n) is 2.58. The van der Waals surface area contributed by atoms with Gasteiger partial charge in [-0.3, -0.25) is 0 Å². The van der Waals surface area contributed by atoms with Gasteiger partial charge in [-0.25, -0.2) is 4.79 Å². The molecule has 21 heavy (non-hydrogen) atoms. The molecule has 1 aromatic carbocycles. The van der Waals surface area contributed by atoms with Crippen LogP contribution < -0.4 is 5.32 Å². The van der Waals surface area contributed by atoms with Crippen molar-refractivity contribution in [3.63, 3.8) is 0 Å². The van der Waals surface area contributed by atoms with Crippen molar-refractivity contribution >= 4 is 16.9 Å². The van der Waals surface area contributed by atoms with Crippen LogP contribution in [0.1, 0.15) is 49.7 Å². The van der Waals surface area contributed by atoms with Crippen LogP contribution in [-0.2, 0) is 6.54 Å². The molecule has 2 unspecified atom stereocenters. The number of carboxylic acid groups (broad SMARTS) is 1. The molecule has 0 aliphatic carbocycles. The van der Waals surface area contributed by atoms with Gasteiger partial charge in [-0.1, -0.05) is 38.5 Å². The van der Waals surface area contributed by atoms with Crippen LogP contribution in [0.3, 0.4) is 0 Å². The van der Waals surface area contributed by atoms with Crippen molar-refractivity contribution in [1.29, 1.82) is 0 Å². The molecule has 0 saturated heterocycles. The second-order valence-corrected chi connectivity index (χ2v) is 5.73. The zero-order valence-electron chi connectivity index (χ0n) is 12.8. The molecule has 2 N–H and O–H groups in total. The normalized spacial score (nSPS) is 14.2. The van der Waals surface area contributed by atoms with E-state index in [0.29, 0.717) is 35.2 Å². The van der Waals surface area contributed by atoms with Crippen molar-refractivity contribution in [3.05, 3.63) is 35.6 Å². The summed E-state index contributed by atoms with van der Waals surface area (Å²) < 4.78 is 5.70. The van der Waals surface area contributed by atoms with Crippen molar-refractivity contribution in [3.8, 4) is 0 Å². The van der Waals surface area contributed by atoms with Gasteiger partial charge in [-0.2, -0.15) is 0 Å². The van der Waals surface area contributed by atoms with Gasteiger partial charge in [0.1, 0.15) is 16.9 Å². The number of carbonyl (C=O) groups is 1. The van der Waals surface area contributed by atoms with E-state index in [4.69, 9.17) is 4.42 Å². The van der Waals surface area contributed by atoms with E-state index >= 15 is 0 Å². The first-order chi connectivity index (χ1) is 10.0. The van der Waals surface area contributed by atoms with Crippen molar-refractivity contribution in [2.75, 3.05) is 0 Å². The molecule has 4 heteroatoms. The van der Waals surface area contributed by atoms with E-state index in [0.717, 1.165) is 12.8 Å². The van der Waals surface area contributed by atoms with E-state index < -0.39 is 5.97 Å². The molecule has 0 radical (unpaired) electrons. The summed E-state index contributed by atoms with van der Waals surface area (Å²) in [4.78, 5) is 11.5. The molecule has 2 rings (SSSR count). The molecule has 2 aromatic rings. The molecule has 0 aliphatic rings. The first-order valence-electron chi connectivity index (χ1n) is 7.50. The first kappa shape index (κ1) is 15.6. The summed E-state index contributed by atoms with van der Waals surface area (Å²) in [7, 11) is 0. The standard InChI is InChI=1S/C17H23NO3/c1-4-11(2)9-12(3)18-10-15-16(17(19)20)13-7-5-6-8-14(13)21-15/h5-8,11-12,18H,4,9-10H2,1-3H3,(H,19,20). The molecule has 4 nitrogen and oxygen atoms in total. The molecule has 2 atom stereocenters. The van der Waals surface area contributed by atoms with Crippen molar-refractivity contribution in [2.45, 2.75) is 46.2 Å². The van der Waals surface area contributed by atoms with Gasteiger partial charge >= 0.3 is 5.97 Å². The quantitative estimate of drug-likeness (QED) is 0.807. The zero-order valence-corrected chi connectivity index (χ0v) is 12.8. The number of rotatable bonds is 7. The van der Waals surface area contributed by atoms with Crippen LogP contribution in [0, 0.1) is 5.92 Å². The van der Waals surface area contributed by atoms with Gasteiger partial charge in [-0.15, -0.1) is 0 Å². The van der Waals surface area contributed by atoms with Crippen molar-refractivity contribution in [2.24, 2.45) is 5.92 Å². The Bertz CT molecular complexity index is 618.